The van der Waals surface area contributed by atoms with Crippen molar-refractivity contribution in [1.82, 2.24) is 15.6 Å². The molecule has 0 aliphatic heterocycles. The molecule has 3 aromatic rings. The molecule has 0 saturated heterocycles. The number of hydrogen-bond donors (Lipinski definition) is 2. The maximum atomic E-state index is 5.63. The number of para-hydroxylation sites is 2. The van der Waals surface area contributed by atoms with E-state index < -0.39 is 0 Å². The van der Waals surface area contributed by atoms with E-state index in [1.807, 2.05) is 66.7 Å². The lowest BCUT2D eigenvalue weighted by Gasteiger charge is -2.14. The Morgan fingerprint density at radius 2 is 1.61 bits per heavy atom. The zero-order valence-electron chi connectivity index (χ0n) is 17.9. The van der Waals surface area contributed by atoms with Gasteiger partial charge in [-0.15, -0.1) is 0 Å². The smallest absolute Gasteiger partial charge is 0.213 e. The van der Waals surface area contributed by atoms with Crippen LogP contribution in [0.4, 0.5) is 0 Å². The Morgan fingerprint density at radius 1 is 0.871 bits per heavy atom. The van der Waals surface area contributed by atoms with Gasteiger partial charge in [-0.1, -0.05) is 42.5 Å². The predicted molar refractivity (Wildman–Crippen MR) is 122 cm³/mol. The molecule has 7 heteroatoms. The topological polar surface area (TPSA) is 77.0 Å². The van der Waals surface area contributed by atoms with Crippen molar-refractivity contribution < 1.29 is 14.2 Å². The molecule has 0 aliphatic carbocycles. The summed E-state index contributed by atoms with van der Waals surface area (Å²) in [5.41, 5.74) is 2.08. The van der Waals surface area contributed by atoms with Crippen LogP contribution in [0.1, 0.15) is 11.1 Å². The molecule has 2 N–H and O–H groups in total. The molecule has 0 bridgehead atoms. The zero-order chi connectivity index (χ0) is 21.7. The Labute approximate surface area is 183 Å². The summed E-state index contributed by atoms with van der Waals surface area (Å²) in [6.07, 6.45) is 1.79. The third kappa shape index (κ3) is 7.22. The molecule has 0 spiro atoms. The molecule has 2 aromatic carbocycles. The quantitative estimate of drug-likeness (QED) is 0.297. The Morgan fingerprint density at radius 3 is 2.35 bits per heavy atom. The van der Waals surface area contributed by atoms with Crippen LogP contribution in [0.25, 0.3) is 0 Å². The summed E-state index contributed by atoms with van der Waals surface area (Å²) in [6.45, 7) is 2.10. The number of guanidine groups is 1. The summed E-state index contributed by atoms with van der Waals surface area (Å²) in [7, 11) is 3.41. The van der Waals surface area contributed by atoms with E-state index in [0.717, 1.165) is 22.6 Å². The second-order valence-electron chi connectivity index (χ2n) is 6.61. The maximum Gasteiger partial charge on any atom is 0.213 e. The molecular weight excluding hydrogens is 392 g/mol. The number of methoxy groups -OCH3 is 1. The second-order valence-corrected chi connectivity index (χ2v) is 6.61. The van der Waals surface area contributed by atoms with Crippen LogP contribution in [0.3, 0.4) is 0 Å². The van der Waals surface area contributed by atoms with Crippen molar-refractivity contribution in [3.05, 3.63) is 84.1 Å². The lowest BCUT2D eigenvalue weighted by molar-refractivity contribution is 0.212. The van der Waals surface area contributed by atoms with Gasteiger partial charge in [-0.05, 0) is 23.8 Å². The average Bonchev–Trinajstić information content (AvgIpc) is 2.83. The molecule has 0 unspecified atom stereocenters. The lowest BCUT2D eigenvalue weighted by Crippen LogP contribution is -2.36. The number of nitrogens with one attached hydrogen (secondary N) is 2. The van der Waals surface area contributed by atoms with Gasteiger partial charge in [0.25, 0.3) is 0 Å². The first-order valence-electron chi connectivity index (χ1n) is 10.1. The number of pyridine rings is 1. The number of benzene rings is 2. The third-order valence-corrected chi connectivity index (χ3v) is 4.47. The summed E-state index contributed by atoms with van der Waals surface area (Å²) in [5, 5.41) is 6.57. The van der Waals surface area contributed by atoms with E-state index >= 15 is 0 Å². The fourth-order valence-corrected chi connectivity index (χ4v) is 2.86. The van der Waals surface area contributed by atoms with Crippen LogP contribution >= 0.6 is 0 Å². The molecule has 1 heterocycles. The summed E-state index contributed by atoms with van der Waals surface area (Å²) in [6, 6.07) is 21.4. The van der Waals surface area contributed by atoms with Crippen LogP contribution in [-0.4, -0.2) is 38.3 Å². The normalized spacial score (nSPS) is 11.0. The van der Waals surface area contributed by atoms with Gasteiger partial charge in [0.05, 0.1) is 7.11 Å². The van der Waals surface area contributed by atoms with Crippen LogP contribution in [0.2, 0.25) is 0 Å². The van der Waals surface area contributed by atoms with Crippen LogP contribution in [0, 0.1) is 0 Å². The van der Waals surface area contributed by atoms with Crippen molar-refractivity contribution in [2.24, 2.45) is 4.99 Å². The number of aromatic nitrogens is 1. The highest BCUT2D eigenvalue weighted by molar-refractivity contribution is 5.79. The van der Waals surface area contributed by atoms with Crippen LogP contribution < -0.4 is 24.8 Å². The molecule has 0 aliphatic rings. The number of rotatable bonds is 10. The van der Waals surface area contributed by atoms with Crippen molar-refractivity contribution >= 4 is 5.96 Å². The first-order chi connectivity index (χ1) is 15.3. The molecule has 0 atom stereocenters. The monoisotopic (exact) mass is 420 g/mol. The van der Waals surface area contributed by atoms with Gasteiger partial charge < -0.3 is 24.8 Å². The molecule has 1 aromatic heterocycles. The first-order valence-corrected chi connectivity index (χ1v) is 10.1. The maximum absolute atomic E-state index is 5.63. The minimum Gasteiger partial charge on any atom is -0.496 e. The van der Waals surface area contributed by atoms with Crippen molar-refractivity contribution in [1.29, 1.82) is 0 Å². The van der Waals surface area contributed by atoms with Crippen LogP contribution in [-0.2, 0) is 13.1 Å². The largest absolute Gasteiger partial charge is 0.496 e. The van der Waals surface area contributed by atoms with Gasteiger partial charge in [-0.25, -0.2) is 4.98 Å². The highest BCUT2D eigenvalue weighted by Crippen LogP contribution is 2.16. The molecule has 0 radical (unpaired) electrons. The van der Waals surface area contributed by atoms with Gasteiger partial charge >= 0.3 is 0 Å². The molecule has 0 amide bonds. The SMILES string of the molecule is CN=C(NCc1ccc(OCCOc2ccccc2)nc1)NCc1ccccc1OC. The van der Waals surface area contributed by atoms with E-state index in [2.05, 4.69) is 20.6 Å². The molecule has 31 heavy (non-hydrogen) atoms. The number of hydrogen-bond acceptors (Lipinski definition) is 5. The van der Waals surface area contributed by atoms with Gasteiger partial charge in [0.2, 0.25) is 5.88 Å². The third-order valence-electron chi connectivity index (χ3n) is 4.47. The van der Waals surface area contributed by atoms with E-state index in [1.165, 1.54) is 0 Å². The average molecular weight is 421 g/mol. The van der Waals surface area contributed by atoms with Gasteiger partial charge in [-0.2, -0.15) is 0 Å². The van der Waals surface area contributed by atoms with E-state index in [1.54, 1.807) is 20.4 Å². The second kappa shape index (κ2) is 12.1. The standard InChI is InChI=1S/C24H28N4O3/c1-25-24(28-18-20-8-6-7-11-22(20)29-2)27-17-19-12-13-23(26-16-19)31-15-14-30-21-9-4-3-5-10-21/h3-13,16H,14-15,17-18H2,1-2H3,(H2,25,27,28). The Kier molecular flexibility index (Phi) is 8.55. The summed E-state index contributed by atoms with van der Waals surface area (Å²) < 4.78 is 16.6. The van der Waals surface area contributed by atoms with Gasteiger partial charge in [-0.3, -0.25) is 4.99 Å². The van der Waals surface area contributed by atoms with Crippen molar-refractivity contribution in [3.63, 3.8) is 0 Å². The van der Waals surface area contributed by atoms with E-state index in [9.17, 15) is 0 Å². The molecule has 0 saturated carbocycles. The molecule has 162 valence electrons. The number of nitrogens with zero attached hydrogens (tertiary/aromatic N) is 2. The fourth-order valence-electron chi connectivity index (χ4n) is 2.86. The highest BCUT2D eigenvalue weighted by Gasteiger charge is 2.04. The summed E-state index contributed by atoms with van der Waals surface area (Å²) in [4.78, 5) is 8.61. The molecular formula is C24H28N4O3. The van der Waals surface area contributed by atoms with Gasteiger partial charge in [0, 0.05) is 38.0 Å². The van der Waals surface area contributed by atoms with E-state index in [-0.39, 0.29) is 0 Å². The Bertz CT molecular complexity index is 947. The fraction of sp³-hybridized carbons (Fsp3) is 0.250. The highest BCUT2D eigenvalue weighted by atomic mass is 16.5. The predicted octanol–water partition coefficient (Wildman–Crippen LogP) is 3.41. The van der Waals surface area contributed by atoms with Gasteiger partial charge in [0.1, 0.15) is 24.7 Å². The molecule has 0 fully saturated rings. The van der Waals surface area contributed by atoms with Crippen LogP contribution in [0.5, 0.6) is 17.4 Å². The van der Waals surface area contributed by atoms with E-state index in [0.29, 0.717) is 38.1 Å². The summed E-state index contributed by atoms with van der Waals surface area (Å²) in [5.74, 6) is 2.94. The van der Waals surface area contributed by atoms with Crippen molar-refractivity contribution in [2.75, 3.05) is 27.4 Å². The molecule has 3 rings (SSSR count). The van der Waals surface area contributed by atoms with E-state index in [4.69, 9.17) is 14.2 Å². The van der Waals surface area contributed by atoms with Gasteiger partial charge in [0.15, 0.2) is 5.96 Å². The number of ether oxygens (including phenoxy) is 3. The molecule has 7 nitrogen and oxygen atoms in total. The Hall–Kier alpha value is -3.74. The summed E-state index contributed by atoms with van der Waals surface area (Å²) >= 11 is 0. The van der Waals surface area contributed by atoms with Crippen LogP contribution in [0.15, 0.2) is 77.9 Å². The first kappa shape index (κ1) is 22.0. The van der Waals surface area contributed by atoms with Crippen molar-refractivity contribution in [2.45, 2.75) is 13.1 Å². The minimum absolute atomic E-state index is 0.430. The zero-order valence-corrected chi connectivity index (χ0v) is 17.9. The minimum atomic E-state index is 0.430. The Balaban J connectivity index is 1.39. The number of aliphatic imine (C=N–C) groups is 1. The van der Waals surface area contributed by atoms with Crippen molar-refractivity contribution in [3.8, 4) is 17.4 Å². The lowest BCUT2D eigenvalue weighted by atomic mass is 10.2.